The Labute approximate surface area is 202 Å². The molecule has 166 valence electrons. The van der Waals surface area contributed by atoms with Crippen LogP contribution in [-0.4, -0.2) is 35.2 Å². The molecule has 0 fully saturated rings. The normalized spacial score (nSPS) is 11.0. The van der Waals surface area contributed by atoms with E-state index in [0.717, 1.165) is 30.6 Å². The molecule has 1 aromatic heterocycles. The summed E-state index contributed by atoms with van der Waals surface area (Å²) in [4.78, 5) is 9.00. The fraction of sp³-hybridized carbons (Fsp3) is 0.333. The maximum Gasteiger partial charge on any atom is 0.191 e. The Hall–Kier alpha value is -2.55. The van der Waals surface area contributed by atoms with Gasteiger partial charge in [0.1, 0.15) is 18.2 Å². The van der Waals surface area contributed by atoms with Gasteiger partial charge in [-0.05, 0) is 44.0 Å². The van der Waals surface area contributed by atoms with Gasteiger partial charge in [0.25, 0.3) is 0 Å². The molecule has 0 radical (unpaired) electrons. The van der Waals surface area contributed by atoms with Gasteiger partial charge in [0.2, 0.25) is 0 Å². The van der Waals surface area contributed by atoms with Crippen molar-refractivity contribution in [3.63, 3.8) is 0 Å². The Morgan fingerprint density at radius 2 is 1.84 bits per heavy atom. The fourth-order valence-electron chi connectivity index (χ4n) is 3.08. The number of rotatable bonds is 9. The summed E-state index contributed by atoms with van der Waals surface area (Å²) in [5, 5.41) is 6.62. The second-order valence-corrected chi connectivity index (χ2v) is 7.21. The summed E-state index contributed by atoms with van der Waals surface area (Å²) in [6.45, 7) is 9.65. The van der Waals surface area contributed by atoms with Gasteiger partial charge in [0, 0.05) is 25.5 Å². The lowest BCUT2D eigenvalue weighted by atomic mass is 10.1. The summed E-state index contributed by atoms with van der Waals surface area (Å²) in [6, 6.07) is 16.6. The second-order valence-electron chi connectivity index (χ2n) is 7.21. The van der Waals surface area contributed by atoms with Crippen LogP contribution in [0.4, 0.5) is 0 Å². The SMILES string of the molecule is CCNC(=NCc1cccc(Cn2ccnc2C)c1)NCCOc1ccc(C)cc1.I. The summed E-state index contributed by atoms with van der Waals surface area (Å²) in [5.74, 6) is 2.69. The van der Waals surface area contributed by atoms with Crippen LogP contribution < -0.4 is 15.4 Å². The third-order valence-corrected chi connectivity index (χ3v) is 4.72. The number of nitrogens with one attached hydrogen (secondary N) is 2. The molecular weight excluding hydrogens is 501 g/mol. The number of hydrogen-bond donors (Lipinski definition) is 2. The predicted molar refractivity (Wildman–Crippen MR) is 137 cm³/mol. The third kappa shape index (κ3) is 8.24. The monoisotopic (exact) mass is 533 g/mol. The zero-order valence-corrected chi connectivity index (χ0v) is 20.8. The first-order chi connectivity index (χ1) is 14.6. The fourth-order valence-corrected chi connectivity index (χ4v) is 3.08. The Kier molecular flexibility index (Phi) is 10.4. The molecule has 6 nitrogen and oxygen atoms in total. The topological polar surface area (TPSA) is 63.5 Å². The highest BCUT2D eigenvalue weighted by Gasteiger charge is 2.02. The zero-order valence-electron chi connectivity index (χ0n) is 18.5. The number of hydrogen-bond acceptors (Lipinski definition) is 3. The summed E-state index contributed by atoms with van der Waals surface area (Å²) in [6.07, 6.45) is 3.84. The van der Waals surface area contributed by atoms with Crippen LogP contribution in [0.1, 0.15) is 29.4 Å². The molecule has 0 saturated heterocycles. The van der Waals surface area contributed by atoms with Crippen LogP contribution in [0.5, 0.6) is 5.75 Å². The highest BCUT2D eigenvalue weighted by atomic mass is 127. The molecule has 2 aromatic carbocycles. The Bertz CT molecular complexity index is 953. The van der Waals surface area contributed by atoms with Crippen molar-refractivity contribution in [1.82, 2.24) is 20.2 Å². The number of nitrogens with zero attached hydrogens (tertiary/aromatic N) is 3. The lowest BCUT2D eigenvalue weighted by Gasteiger charge is -2.12. The van der Waals surface area contributed by atoms with Crippen LogP contribution in [-0.2, 0) is 13.1 Å². The van der Waals surface area contributed by atoms with E-state index < -0.39 is 0 Å². The lowest BCUT2D eigenvalue weighted by molar-refractivity contribution is 0.322. The summed E-state index contributed by atoms with van der Waals surface area (Å²) in [7, 11) is 0. The Balaban J connectivity index is 0.00000341. The molecule has 0 atom stereocenters. The molecule has 3 rings (SSSR count). The second kappa shape index (κ2) is 13.0. The van der Waals surface area contributed by atoms with E-state index in [1.165, 1.54) is 16.7 Å². The maximum atomic E-state index is 5.77. The van der Waals surface area contributed by atoms with Gasteiger partial charge >= 0.3 is 0 Å². The van der Waals surface area contributed by atoms with Crippen molar-refractivity contribution in [2.24, 2.45) is 4.99 Å². The molecule has 0 aliphatic heterocycles. The van der Waals surface area contributed by atoms with Crippen molar-refractivity contribution in [3.8, 4) is 5.75 Å². The average molecular weight is 533 g/mol. The molecule has 0 aliphatic carbocycles. The largest absolute Gasteiger partial charge is 0.492 e. The van der Waals surface area contributed by atoms with Gasteiger partial charge in [-0.1, -0.05) is 42.0 Å². The minimum absolute atomic E-state index is 0. The van der Waals surface area contributed by atoms with E-state index in [4.69, 9.17) is 9.73 Å². The van der Waals surface area contributed by atoms with E-state index in [1.54, 1.807) is 0 Å². The van der Waals surface area contributed by atoms with Crippen molar-refractivity contribution in [3.05, 3.63) is 83.4 Å². The summed E-state index contributed by atoms with van der Waals surface area (Å²) in [5.41, 5.74) is 3.65. The standard InChI is InChI=1S/C24H31N5O.HI/c1-4-25-24(27-13-15-30-23-10-8-19(2)9-11-23)28-17-21-6-5-7-22(16-21)18-29-14-12-26-20(29)3;/h5-12,14,16H,4,13,15,17-18H2,1-3H3,(H2,25,27,28);1H. The van der Waals surface area contributed by atoms with Crippen LogP contribution in [0.2, 0.25) is 0 Å². The number of aliphatic imine (C=N–C) groups is 1. The number of ether oxygens (including phenoxy) is 1. The van der Waals surface area contributed by atoms with Crippen molar-refractivity contribution in [1.29, 1.82) is 0 Å². The molecule has 2 N–H and O–H groups in total. The molecule has 0 aliphatic rings. The first-order valence-corrected chi connectivity index (χ1v) is 10.4. The first-order valence-electron chi connectivity index (χ1n) is 10.4. The summed E-state index contributed by atoms with van der Waals surface area (Å²) >= 11 is 0. The Morgan fingerprint density at radius 1 is 1.06 bits per heavy atom. The average Bonchev–Trinajstić information content (AvgIpc) is 3.15. The van der Waals surface area contributed by atoms with E-state index in [0.29, 0.717) is 19.7 Å². The summed E-state index contributed by atoms with van der Waals surface area (Å²) < 4.78 is 7.92. The van der Waals surface area contributed by atoms with Crippen LogP contribution in [0, 0.1) is 13.8 Å². The van der Waals surface area contributed by atoms with E-state index >= 15 is 0 Å². The van der Waals surface area contributed by atoms with E-state index in [-0.39, 0.29) is 24.0 Å². The number of imidazole rings is 1. The van der Waals surface area contributed by atoms with Gasteiger partial charge in [-0.3, -0.25) is 0 Å². The number of guanidine groups is 1. The van der Waals surface area contributed by atoms with Crippen LogP contribution >= 0.6 is 24.0 Å². The molecule has 31 heavy (non-hydrogen) atoms. The Morgan fingerprint density at radius 3 is 2.55 bits per heavy atom. The third-order valence-electron chi connectivity index (χ3n) is 4.72. The van der Waals surface area contributed by atoms with Crippen molar-refractivity contribution >= 4 is 29.9 Å². The number of aryl methyl sites for hydroxylation is 2. The van der Waals surface area contributed by atoms with E-state index in [2.05, 4.69) is 70.4 Å². The number of aromatic nitrogens is 2. The van der Waals surface area contributed by atoms with E-state index in [9.17, 15) is 0 Å². The molecule has 0 unspecified atom stereocenters. The van der Waals surface area contributed by atoms with Gasteiger partial charge in [-0.15, -0.1) is 24.0 Å². The number of halogens is 1. The van der Waals surface area contributed by atoms with Gasteiger partial charge in [0.15, 0.2) is 5.96 Å². The molecule has 0 bridgehead atoms. The van der Waals surface area contributed by atoms with Gasteiger partial charge in [0.05, 0.1) is 13.1 Å². The van der Waals surface area contributed by atoms with Gasteiger partial charge in [-0.2, -0.15) is 0 Å². The molecule has 7 heteroatoms. The molecule has 0 amide bonds. The van der Waals surface area contributed by atoms with Crippen LogP contribution in [0.15, 0.2) is 65.9 Å². The maximum absolute atomic E-state index is 5.77. The highest BCUT2D eigenvalue weighted by molar-refractivity contribution is 14.0. The lowest BCUT2D eigenvalue weighted by Crippen LogP contribution is -2.39. The van der Waals surface area contributed by atoms with E-state index in [1.807, 2.05) is 31.5 Å². The zero-order chi connectivity index (χ0) is 21.2. The minimum Gasteiger partial charge on any atom is -0.492 e. The molecule has 1 heterocycles. The first kappa shape index (κ1) is 24.7. The molecule has 0 spiro atoms. The number of benzene rings is 2. The van der Waals surface area contributed by atoms with Crippen molar-refractivity contribution in [2.45, 2.75) is 33.9 Å². The molecular formula is C24H32IN5O. The van der Waals surface area contributed by atoms with Crippen molar-refractivity contribution < 1.29 is 4.74 Å². The smallest absolute Gasteiger partial charge is 0.191 e. The molecule has 0 saturated carbocycles. The molecule has 3 aromatic rings. The van der Waals surface area contributed by atoms with Crippen LogP contribution in [0.3, 0.4) is 0 Å². The van der Waals surface area contributed by atoms with Crippen molar-refractivity contribution in [2.75, 3.05) is 19.7 Å². The quantitative estimate of drug-likeness (QED) is 0.186. The minimum atomic E-state index is 0. The van der Waals surface area contributed by atoms with Gasteiger partial charge < -0.3 is 19.9 Å². The van der Waals surface area contributed by atoms with Gasteiger partial charge in [-0.25, -0.2) is 9.98 Å². The highest BCUT2D eigenvalue weighted by Crippen LogP contribution is 2.11. The predicted octanol–water partition coefficient (Wildman–Crippen LogP) is 4.30. The van der Waals surface area contributed by atoms with Crippen LogP contribution in [0.25, 0.3) is 0 Å².